The number of rotatable bonds is 19. The summed E-state index contributed by atoms with van der Waals surface area (Å²) in [7, 11) is 0. The van der Waals surface area contributed by atoms with Gasteiger partial charge >= 0.3 is 5.97 Å². The maximum absolute atomic E-state index is 11.9. The fourth-order valence-electron chi connectivity index (χ4n) is 3.82. The summed E-state index contributed by atoms with van der Waals surface area (Å²) >= 11 is 0. The van der Waals surface area contributed by atoms with Crippen LogP contribution in [0.3, 0.4) is 0 Å². The Balaban J connectivity index is 1.76. The summed E-state index contributed by atoms with van der Waals surface area (Å²) in [5.41, 5.74) is 0. The molecule has 4 nitrogen and oxygen atoms in total. The molecule has 2 unspecified atom stereocenters. The second kappa shape index (κ2) is 18.4. The normalized spacial score (nSPS) is 17.7. The van der Waals surface area contributed by atoms with Crippen molar-refractivity contribution in [1.29, 1.82) is 0 Å². The molecule has 1 fully saturated rings. The van der Waals surface area contributed by atoms with Crippen molar-refractivity contribution in [3.8, 4) is 0 Å². The first kappa shape index (κ1) is 25.4. The first-order chi connectivity index (χ1) is 13.7. The first-order valence-corrected chi connectivity index (χ1v) is 12.3. The SMILES string of the molecule is CCCCCCCCCCCCCCCCCCC(C)C(=O)OC1NCCO1. The molecule has 1 aliphatic rings. The lowest BCUT2D eigenvalue weighted by atomic mass is 10.0. The highest BCUT2D eigenvalue weighted by atomic mass is 16.7. The maximum Gasteiger partial charge on any atom is 0.311 e. The average molecular weight is 398 g/mol. The molecular formula is C24H47NO3. The van der Waals surface area contributed by atoms with E-state index in [2.05, 4.69) is 12.2 Å². The lowest BCUT2D eigenvalue weighted by Crippen LogP contribution is -2.31. The van der Waals surface area contributed by atoms with E-state index in [-0.39, 0.29) is 11.9 Å². The molecular weight excluding hydrogens is 350 g/mol. The van der Waals surface area contributed by atoms with Crippen LogP contribution >= 0.6 is 0 Å². The monoisotopic (exact) mass is 397 g/mol. The van der Waals surface area contributed by atoms with Gasteiger partial charge in [-0.1, -0.05) is 117 Å². The van der Waals surface area contributed by atoms with Crippen LogP contribution in [0, 0.1) is 5.92 Å². The Morgan fingerprint density at radius 3 is 1.75 bits per heavy atom. The molecule has 1 heterocycles. The van der Waals surface area contributed by atoms with E-state index >= 15 is 0 Å². The molecule has 0 amide bonds. The molecule has 1 rings (SSSR count). The lowest BCUT2D eigenvalue weighted by Gasteiger charge is -2.15. The predicted octanol–water partition coefficient (Wildman–Crippen LogP) is 6.72. The molecule has 0 aliphatic carbocycles. The number of carbonyl (C=O) groups is 1. The van der Waals surface area contributed by atoms with Crippen molar-refractivity contribution in [2.75, 3.05) is 13.2 Å². The Morgan fingerprint density at radius 2 is 1.32 bits per heavy atom. The zero-order valence-corrected chi connectivity index (χ0v) is 18.8. The quantitative estimate of drug-likeness (QED) is 0.194. The second-order valence-electron chi connectivity index (χ2n) is 8.59. The number of nitrogens with one attached hydrogen (secondary N) is 1. The molecule has 0 saturated carbocycles. The van der Waals surface area contributed by atoms with Crippen LogP contribution in [0.5, 0.6) is 0 Å². The van der Waals surface area contributed by atoms with Gasteiger partial charge in [0.1, 0.15) is 0 Å². The Labute approximate surface area is 174 Å². The van der Waals surface area contributed by atoms with Gasteiger partial charge in [-0.2, -0.15) is 0 Å². The van der Waals surface area contributed by atoms with Crippen LogP contribution in [-0.2, 0) is 14.3 Å². The Hall–Kier alpha value is -0.610. The predicted molar refractivity (Wildman–Crippen MR) is 117 cm³/mol. The van der Waals surface area contributed by atoms with Gasteiger partial charge < -0.3 is 9.47 Å². The topological polar surface area (TPSA) is 47.6 Å². The Kier molecular flexibility index (Phi) is 16.7. The van der Waals surface area contributed by atoms with Crippen molar-refractivity contribution in [1.82, 2.24) is 5.32 Å². The molecule has 0 aromatic rings. The summed E-state index contributed by atoms with van der Waals surface area (Å²) < 4.78 is 10.5. The third-order valence-electron chi connectivity index (χ3n) is 5.80. The highest BCUT2D eigenvalue weighted by molar-refractivity contribution is 5.72. The smallest absolute Gasteiger partial charge is 0.311 e. The minimum atomic E-state index is -0.527. The molecule has 1 N–H and O–H groups in total. The van der Waals surface area contributed by atoms with Gasteiger partial charge in [-0.05, 0) is 6.42 Å². The van der Waals surface area contributed by atoms with Crippen LogP contribution in [0.25, 0.3) is 0 Å². The molecule has 1 aliphatic heterocycles. The van der Waals surface area contributed by atoms with Crippen LogP contribution in [0.1, 0.15) is 123 Å². The van der Waals surface area contributed by atoms with Crippen LogP contribution in [0.4, 0.5) is 0 Å². The van der Waals surface area contributed by atoms with E-state index in [4.69, 9.17) is 9.47 Å². The van der Waals surface area contributed by atoms with Crippen molar-refractivity contribution >= 4 is 5.97 Å². The van der Waals surface area contributed by atoms with E-state index < -0.39 is 6.41 Å². The summed E-state index contributed by atoms with van der Waals surface area (Å²) in [5, 5.41) is 3.00. The molecule has 0 aromatic heterocycles. The van der Waals surface area contributed by atoms with Crippen LogP contribution in [0.2, 0.25) is 0 Å². The molecule has 4 heteroatoms. The fraction of sp³-hybridized carbons (Fsp3) is 0.958. The van der Waals surface area contributed by atoms with Crippen LogP contribution < -0.4 is 5.32 Å². The van der Waals surface area contributed by atoms with Crippen molar-refractivity contribution in [3.63, 3.8) is 0 Å². The first-order valence-electron chi connectivity index (χ1n) is 12.3. The number of carbonyl (C=O) groups excluding carboxylic acids is 1. The van der Waals surface area contributed by atoms with Gasteiger partial charge in [0.25, 0.3) is 6.41 Å². The molecule has 0 bridgehead atoms. The van der Waals surface area contributed by atoms with Crippen molar-refractivity contribution in [2.24, 2.45) is 5.92 Å². The van der Waals surface area contributed by atoms with Crippen molar-refractivity contribution in [2.45, 2.75) is 129 Å². The average Bonchev–Trinajstić information content (AvgIpc) is 3.20. The van der Waals surface area contributed by atoms with Crippen LogP contribution in [0.15, 0.2) is 0 Å². The molecule has 28 heavy (non-hydrogen) atoms. The zero-order chi connectivity index (χ0) is 20.3. The Morgan fingerprint density at radius 1 is 0.857 bits per heavy atom. The third-order valence-corrected chi connectivity index (χ3v) is 5.80. The van der Waals surface area contributed by atoms with Gasteiger partial charge in [-0.25, -0.2) is 0 Å². The highest BCUT2D eigenvalue weighted by Gasteiger charge is 2.22. The molecule has 0 radical (unpaired) electrons. The maximum atomic E-state index is 11.9. The second-order valence-corrected chi connectivity index (χ2v) is 8.59. The standard InChI is InChI=1S/C24H47NO3/c1-3-4-5-6-7-8-9-10-11-12-13-14-15-16-17-18-19-22(2)23(26)28-24-25-20-21-27-24/h22,24-25H,3-21H2,1-2H3. The van der Waals surface area contributed by atoms with Gasteiger partial charge in [-0.15, -0.1) is 0 Å². The lowest BCUT2D eigenvalue weighted by molar-refractivity contribution is -0.177. The number of hydrogen-bond acceptors (Lipinski definition) is 4. The summed E-state index contributed by atoms with van der Waals surface area (Å²) in [4.78, 5) is 11.9. The van der Waals surface area contributed by atoms with Gasteiger partial charge in [0.05, 0.1) is 12.5 Å². The molecule has 2 atom stereocenters. The number of ether oxygens (including phenoxy) is 2. The van der Waals surface area contributed by atoms with E-state index in [9.17, 15) is 4.79 Å². The molecule has 0 aromatic carbocycles. The van der Waals surface area contributed by atoms with Crippen molar-refractivity contribution < 1.29 is 14.3 Å². The van der Waals surface area contributed by atoms with E-state index in [1.165, 1.54) is 96.3 Å². The number of hydrogen-bond donors (Lipinski definition) is 1. The summed E-state index contributed by atoms with van der Waals surface area (Å²) in [6, 6.07) is 0. The minimum absolute atomic E-state index is 0.0300. The molecule has 0 spiro atoms. The number of unbranched alkanes of at least 4 members (excludes halogenated alkanes) is 15. The zero-order valence-electron chi connectivity index (χ0n) is 18.8. The summed E-state index contributed by atoms with van der Waals surface area (Å²) in [6.45, 7) is 5.62. The molecule has 1 saturated heterocycles. The van der Waals surface area contributed by atoms with Gasteiger partial charge in [0.2, 0.25) is 0 Å². The highest BCUT2D eigenvalue weighted by Crippen LogP contribution is 2.16. The van der Waals surface area contributed by atoms with E-state index in [0.29, 0.717) is 6.61 Å². The minimum Gasteiger partial charge on any atom is -0.421 e. The fourth-order valence-corrected chi connectivity index (χ4v) is 3.82. The number of esters is 1. The van der Waals surface area contributed by atoms with E-state index in [1.54, 1.807) is 0 Å². The van der Waals surface area contributed by atoms with Crippen molar-refractivity contribution in [3.05, 3.63) is 0 Å². The summed E-state index contributed by atoms with van der Waals surface area (Å²) in [6.07, 6.45) is 22.4. The van der Waals surface area contributed by atoms with E-state index in [0.717, 1.165) is 19.4 Å². The van der Waals surface area contributed by atoms with E-state index in [1.807, 2.05) is 6.92 Å². The largest absolute Gasteiger partial charge is 0.421 e. The van der Waals surface area contributed by atoms with Gasteiger partial charge in [0.15, 0.2) is 0 Å². The third kappa shape index (κ3) is 14.4. The van der Waals surface area contributed by atoms with Crippen LogP contribution in [-0.4, -0.2) is 25.5 Å². The molecule has 166 valence electrons. The van der Waals surface area contributed by atoms with Gasteiger partial charge in [0, 0.05) is 6.54 Å². The van der Waals surface area contributed by atoms with Gasteiger partial charge in [-0.3, -0.25) is 10.1 Å². The summed E-state index contributed by atoms with van der Waals surface area (Å²) in [5.74, 6) is -0.169. The Bertz CT molecular complexity index is 356.